The highest BCUT2D eigenvalue weighted by atomic mass is 19.4. The van der Waals surface area contributed by atoms with E-state index in [4.69, 9.17) is 4.74 Å². The first-order valence-electron chi connectivity index (χ1n) is 8.51. The van der Waals surface area contributed by atoms with Gasteiger partial charge in [0.1, 0.15) is 0 Å². The lowest BCUT2D eigenvalue weighted by Crippen LogP contribution is -2.30. The van der Waals surface area contributed by atoms with Crippen LogP contribution in [0.5, 0.6) is 11.5 Å². The fourth-order valence-corrected chi connectivity index (χ4v) is 2.98. The molecule has 146 valence electrons. The summed E-state index contributed by atoms with van der Waals surface area (Å²) in [6.07, 6.45) is -3.21. The van der Waals surface area contributed by atoms with Crippen LogP contribution in [0.2, 0.25) is 0 Å². The van der Waals surface area contributed by atoms with Gasteiger partial charge in [-0.2, -0.15) is 0 Å². The summed E-state index contributed by atoms with van der Waals surface area (Å²) < 4.78 is 75.1. The predicted octanol–water partition coefficient (Wildman–Crippen LogP) is 4.91. The third kappa shape index (κ3) is 5.09. The minimum absolute atomic E-state index is 0.0692. The molecule has 1 fully saturated rings. The van der Waals surface area contributed by atoms with Gasteiger partial charge in [0.05, 0.1) is 6.61 Å². The van der Waals surface area contributed by atoms with Crippen LogP contribution < -0.4 is 14.8 Å². The SMILES string of the molecule is Fc1cccc(-c2ccc(OC(F)(F)F)c(OCC3CCNCC3)c2)c1F. The molecular formula is C19H18F5NO2. The van der Waals surface area contributed by atoms with Crippen LogP contribution in [0.1, 0.15) is 12.8 Å². The van der Waals surface area contributed by atoms with E-state index in [0.29, 0.717) is 0 Å². The summed E-state index contributed by atoms with van der Waals surface area (Å²) in [5.74, 6) is -2.60. The number of benzene rings is 2. The molecule has 1 aliphatic heterocycles. The van der Waals surface area contributed by atoms with Crippen LogP contribution >= 0.6 is 0 Å². The minimum atomic E-state index is -4.89. The Balaban J connectivity index is 1.89. The van der Waals surface area contributed by atoms with E-state index < -0.39 is 23.7 Å². The van der Waals surface area contributed by atoms with Crippen molar-refractivity contribution in [1.82, 2.24) is 5.32 Å². The van der Waals surface area contributed by atoms with Gasteiger partial charge in [0.15, 0.2) is 23.1 Å². The molecule has 0 bridgehead atoms. The summed E-state index contributed by atoms with van der Waals surface area (Å²) in [7, 11) is 0. The first kappa shape index (κ1) is 19.4. The first-order chi connectivity index (χ1) is 12.8. The van der Waals surface area contributed by atoms with Gasteiger partial charge in [0.25, 0.3) is 0 Å². The molecule has 3 nitrogen and oxygen atoms in total. The topological polar surface area (TPSA) is 30.5 Å². The molecule has 0 unspecified atom stereocenters. The summed E-state index contributed by atoms with van der Waals surface area (Å²) in [6, 6.07) is 7.15. The van der Waals surface area contributed by atoms with Gasteiger partial charge >= 0.3 is 6.36 Å². The third-order valence-electron chi connectivity index (χ3n) is 4.37. The van der Waals surface area contributed by atoms with E-state index in [2.05, 4.69) is 10.1 Å². The molecule has 0 atom stereocenters. The van der Waals surface area contributed by atoms with Crippen molar-refractivity contribution in [2.24, 2.45) is 5.92 Å². The van der Waals surface area contributed by atoms with Crippen LogP contribution in [0.4, 0.5) is 22.0 Å². The van der Waals surface area contributed by atoms with Crippen LogP contribution in [0.3, 0.4) is 0 Å². The van der Waals surface area contributed by atoms with Crippen molar-refractivity contribution in [1.29, 1.82) is 0 Å². The monoisotopic (exact) mass is 387 g/mol. The zero-order valence-electron chi connectivity index (χ0n) is 14.3. The van der Waals surface area contributed by atoms with E-state index in [9.17, 15) is 22.0 Å². The molecule has 0 aromatic heterocycles. The lowest BCUT2D eigenvalue weighted by atomic mass is 9.99. The molecule has 0 saturated carbocycles. The number of ether oxygens (including phenoxy) is 2. The average molecular weight is 387 g/mol. The van der Waals surface area contributed by atoms with Crippen LogP contribution in [-0.4, -0.2) is 26.1 Å². The Kier molecular flexibility index (Phi) is 5.84. The van der Waals surface area contributed by atoms with E-state index >= 15 is 0 Å². The van der Waals surface area contributed by atoms with Gasteiger partial charge in [-0.15, -0.1) is 13.2 Å². The van der Waals surface area contributed by atoms with Crippen molar-refractivity contribution in [2.45, 2.75) is 19.2 Å². The molecule has 2 aromatic rings. The number of piperidine rings is 1. The molecule has 1 aliphatic rings. The molecule has 0 amide bonds. The summed E-state index contributed by atoms with van der Waals surface area (Å²) in [6.45, 7) is 1.84. The molecule has 8 heteroatoms. The van der Waals surface area contributed by atoms with Crippen molar-refractivity contribution in [3.63, 3.8) is 0 Å². The molecule has 1 heterocycles. The highest BCUT2D eigenvalue weighted by Gasteiger charge is 2.33. The fourth-order valence-electron chi connectivity index (χ4n) is 2.98. The predicted molar refractivity (Wildman–Crippen MR) is 89.6 cm³/mol. The van der Waals surface area contributed by atoms with Gasteiger partial charge < -0.3 is 14.8 Å². The average Bonchev–Trinajstić information content (AvgIpc) is 2.63. The Hall–Kier alpha value is -2.35. The largest absolute Gasteiger partial charge is 0.573 e. The zero-order valence-corrected chi connectivity index (χ0v) is 14.3. The first-order valence-corrected chi connectivity index (χ1v) is 8.51. The van der Waals surface area contributed by atoms with Crippen LogP contribution in [0.25, 0.3) is 11.1 Å². The Morgan fingerprint density at radius 3 is 2.44 bits per heavy atom. The van der Waals surface area contributed by atoms with E-state index in [0.717, 1.165) is 38.1 Å². The Morgan fingerprint density at radius 2 is 1.74 bits per heavy atom. The third-order valence-corrected chi connectivity index (χ3v) is 4.37. The quantitative estimate of drug-likeness (QED) is 0.740. The van der Waals surface area contributed by atoms with Crippen molar-refractivity contribution in [2.75, 3.05) is 19.7 Å². The second-order valence-electron chi connectivity index (χ2n) is 6.32. The Bertz CT molecular complexity index is 788. The normalized spacial score (nSPS) is 15.6. The molecule has 1 saturated heterocycles. The highest BCUT2D eigenvalue weighted by molar-refractivity contribution is 5.67. The maximum atomic E-state index is 14.0. The zero-order chi connectivity index (χ0) is 19.4. The smallest absolute Gasteiger partial charge is 0.489 e. The number of rotatable bonds is 5. The molecule has 3 rings (SSSR count). The lowest BCUT2D eigenvalue weighted by molar-refractivity contribution is -0.275. The Labute approximate surface area is 153 Å². The molecule has 2 aromatic carbocycles. The second-order valence-corrected chi connectivity index (χ2v) is 6.32. The summed E-state index contributed by atoms with van der Waals surface area (Å²) >= 11 is 0. The van der Waals surface area contributed by atoms with Gasteiger partial charge in [0.2, 0.25) is 0 Å². The highest BCUT2D eigenvalue weighted by Crippen LogP contribution is 2.37. The van der Waals surface area contributed by atoms with Crippen molar-refractivity contribution >= 4 is 0 Å². The molecular weight excluding hydrogens is 369 g/mol. The number of halogens is 5. The van der Waals surface area contributed by atoms with Gasteiger partial charge in [0, 0.05) is 5.56 Å². The maximum Gasteiger partial charge on any atom is 0.573 e. The molecule has 0 aliphatic carbocycles. The van der Waals surface area contributed by atoms with Gasteiger partial charge in [-0.05, 0) is 55.6 Å². The maximum absolute atomic E-state index is 14.0. The molecule has 0 radical (unpaired) electrons. The fraction of sp³-hybridized carbons (Fsp3) is 0.368. The van der Waals surface area contributed by atoms with E-state index in [1.165, 1.54) is 24.3 Å². The van der Waals surface area contributed by atoms with Crippen LogP contribution in [0, 0.1) is 17.6 Å². The van der Waals surface area contributed by atoms with Gasteiger partial charge in [-0.3, -0.25) is 0 Å². The number of hydrogen-bond donors (Lipinski definition) is 1. The van der Waals surface area contributed by atoms with E-state index in [-0.39, 0.29) is 29.4 Å². The lowest BCUT2D eigenvalue weighted by Gasteiger charge is -2.23. The van der Waals surface area contributed by atoms with E-state index in [1.54, 1.807) is 0 Å². The van der Waals surface area contributed by atoms with Crippen molar-refractivity contribution in [3.8, 4) is 22.6 Å². The summed E-state index contributed by atoms with van der Waals surface area (Å²) in [5.41, 5.74) is 0.127. The van der Waals surface area contributed by atoms with Crippen LogP contribution in [0.15, 0.2) is 36.4 Å². The van der Waals surface area contributed by atoms with Gasteiger partial charge in [-0.1, -0.05) is 18.2 Å². The van der Waals surface area contributed by atoms with Crippen molar-refractivity contribution < 1.29 is 31.4 Å². The Morgan fingerprint density at radius 1 is 1.00 bits per heavy atom. The van der Waals surface area contributed by atoms with E-state index in [1.807, 2.05) is 0 Å². The van der Waals surface area contributed by atoms with Gasteiger partial charge in [-0.25, -0.2) is 8.78 Å². The minimum Gasteiger partial charge on any atom is -0.489 e. The summed E-state index contributed by atoms with van der Waals surface area (Å²) in [4.78, 5) is 0. The second kappa shape index (κ2) is 8.12. The van der Waals surface area contributed by atoms with Crippen molar-refractivity contribution in [3.05, 3.63) is 48.0 Å². The number of nitrogens with one attached hydrogen (secondary N) is 1. The number of alkyl halides is 3. The number of hydrogen-bond acceptors (Lipinski definition) is 3. The molecule has 0 spiro atoms. The summed E-state index contributed by atoms with van der Waals surface area (Å²) in [5, 5.41) is 3.19. The van der Waals surface area contributed by atoms with Crippen LogP contribution in [-0.2, 0) is 0 Å². The molecule has 1 N–H and O–H groups in total. The standard InChI is InChI=1S/C19H18F5NO2/c20-15-3-1-2-14(18(15)21)13-4-5-16(27-19(22,23)24)17(10-13)26-11-12-6-8-25-9-7-12/h1-5,10,12,25H,6-9,11H2. The molecule has 27 heavy (non-hydrogen) atoms.